The first-order valence-corrected chi connectivity index (χ1v) is 22.0. The molecule has 2 nitrogen and oxygen atoms in total. The van der Waals surface area contributed by atoms with Gasteiger partial charge in [0.2, 0.25) is 0 Å². The number of benzene rings is 11. The first-order chi connectivity index (χ1) is 31.7. The molecule has 1 aromatic heterocycles. The van der Waals surface area contributed by atoms with Gasteiger partial charge in [0.1, 0.15) is 0 Å². The van der Waals surface area contributed by atoms with Crippen molar-refractivity contribution in [2.24, 2.45) is 0 Å². The zero-order valence-electron chi connectivity index (χ0n) is 35.1. The average molecular weight is 815 g/mol. The van der Waals surface area contributed by atoms with Crippen LogP contribution in [0, 0.1) is 0 Å². The third kappa shape index (κ3) is 6.61. The number of rotatable bonds is 8. The van der Waals surface area contributed by atoms with E-state index in [1.54, 1.807) is 0 Å². The standard InChI is InChI=1S/C62H42N2/c1-3-21-55-46(13-1)15-11-25-57(55)48-31-29-43(30-32-48)44-33-37-51(38-34-44)63(53-19-10-18-50(42-53)58-26-12-16-47-14-2-4-22-56(47)58)52-39-35-45(36-40-52)49-17-9-20-54(41-49)64-61-27-7-5-23-59(61)60-24-6-8-28-62(60)64/h1-42H. The van der Waals surface area contributed by atoms with E-state index >= 15 is 0 Å². The van der Waals surface area contributed by atoms with Crippen molar-refractivity contribution in [1.82, 2.24) is 4.57 Å². The van der Waals surface area contributed by atoms with E-state index in [9.17, 15) is 0 Å². The second kappa shape index (κ2) is 15.8. The highest BCUT2D eigenvalue weighted by Crippen LogP contribution is 2.40. The maximum atomic E-state index is 2.39. The van der Waals surface area contributed by atoms with Crippen LogP contribution in [0.3, 0.4) is 0 Å². The zero-order valence-corrected chi connectivity index (χ0v) is 35.1. The first kappa shape index (κ1) is 37.3. The van der Waals surface area contributed by atoms with Crippen LogP contribution in [0.5, 0.6) is 0 Å². The fraction of sp³-hybridized carbons (Fsp3) is 0. The van der Waals surface area contributed by atoms with Gasteiger partial charge in [0.05, 0.1) is 11.0 Å². The normalized spacial score (nSPS) is 11.4. The summed E-state index contributed by atoms with van der Waals surface area (Å²) in [5, 5.41) is 7.54. The second-order valence-corrected chi connectivity index (χ2v) is 16.5. The average Bonchev–Trinajstić information content (AvgIpc) is 3.71. The summed E-state index contributed by atoms with van der Waals surface area (Å²) >= 11 is 0. The van der Waals surface area contributed by atoms with Gasteiger partial charge in [-0.1, -0.05) is 194 Å². The molecular weight excluding hydrogens is 773 g/mol. The Labute approximate surface area is 373 Å². The van der Waals surface area contributed by atoms with E-state index in [0.717, 1.165) is 28.3 Å². The van der Waals surface area contributed by atoms with Crippen molar-refractivity contribution in [3.05, 3.63) is 255 Å². The number of hydrogen-bond acceptors (Lipinski definition) is 1. The minimum atomic E-state index is 1.09. The predicted molar refractivity (Wildman–Crippen MR) is 272 cm³/mol. The summed E-state index contributed by atoms with van der Waals surface area (Å²) < 4.78 is 2.39. The number of hydrogen-bond donors (Lipinski definition) is 0. The third-order valence-electron chi connectivity index (χ3n) is 12.8. The van der Waals surface area contributed by atoms with Crippen LogP contribution >= 0.6 is 0 Å². The highest BCUT2D eigenvalue weighted by molar-refractivity contribution is 6.09. The van der Waals surface area contributed by atoms with Crippen molar-refractivity contribution in [2.75, 3.05) is 4.90 Å². The minimum absolute atomic E-state index is 1.09. The molecule has 2 heteroatoms. The third-order valence-corrected chi connectivity index (χ3v) is 12.8. The van der Waals surface area contributed by atoms with Crippen LogP contribution in [0.15, 0.2) is 255 Å². The molecule has 0 unspecified atom stereocenters. The summed E-state index contributed by atoms with van der Waals surface area (Å²) in [6.45, 7) is 0. The summed E-state index contributed by atoms with van der Waals surface area (Å²) in [5.41, 5.74) is 16.4. The molecule has 0 spiro atoms. The number of para-hydroxylation sites is 2. The van der Waals surface area contributed by atoms with E-state index in [-0.39, 0.29) is 0 Å². The molecule has 11 aromatic carbocycles. The Morgan fingerprint density at radius 1 is 0.250 bits per heavy atom. The van der Waals surface area contributed by atoms with Crippen LogP contribution in [0.1, 0.15) is 0 Å². The Kier molecular flexibility index (Phi) is 9.20. The largest absolute Gasteiger partial charge is 0.310 e. The highest BCUT2D eigenvalue weighted by Gasteiger charge is 2.17. The molecule has 0 aliphatic carbocycles. The van der Waals surface area contributed by atoms with Crippen molar-refractivity contribution in [3.8, 4) is 50.2 Å². The lowest BCUT2D eigenvalue weighted by atomic mass is 9.96. The van der Waals surface area contributed by atoms with Gasteiger partial charge < -0.3 is 9.47 Å². The maximum absolute atomic E-state index is 2.39. The van der Waals surface area contributed by atoms with Crippen molar-refractivity contribution in [2.45, 2.75) is 0 Å². The molecule has 0 amide bonds. The molecule has 64 heavy (non-hydrogen) atoms. The number of nitrogens with zero attached hydrogens (tertiary/aromatic N) is 2. The van der Waals surface area contributed by atoms with E-state index in [1.165, 1.54) is 82.3 Å². The number of aromatic nitrogens is 1. The molecule has 12 aromatic rings. The Bertz CT molecular complexity index is 3590. The fourth-order valence-electron chi connectivity index (χ4n) is 9.69. The van der Waals surface area contributed by atoms with Gasteiger partial charge in [-0.25, -0.2) is 0 Å². The van der Waals surface area contributed by atoms with E-state index in [1.807, 2.05) is 0 Å². The molecular formula is C62H42N2. The molecule has 12 rings (SSSR count). The van der Waals surface area contributed by atoms with E-state index in [2.05, 4.69) is 264 Å². The molecule has 0 N–H and O–H groups in total. The molecule has 1 heterocycles. The SMILES string of the molecule is c1cc(-c2cccc3ccccc23)cc(N(c2ccc(-c3ccc(-c4cccc5ccccc45)cc3)cc2)c2ccc(-c3cccc(-n4c5ccccc5c5ccccc54)c3)cc2)c1. The molecule has 0 bridgehead atoms. The molecule has 0 radical (unpaired) electrons. The van der Waals surface area contributed by atoms with Gasteiger partial charge in [-0.15, -0.1) is 0 Å². The van der Waals surface area contributed by atoms with Crippen LogP contribution in [-0.4, -0.2) is 4.57 Å². The Balaban J connectivity index is 0.915. The van der Waals surface area contributed by atoms with Gasteiger partial charge in [-0.05, 0) is 127 Å². The van der Waals surface area contributed by atoms with Crippen molar-refractivity contribution >= 4 is 60.4 Å². The topological polar surface area (TPSA) is 8.17 Å². The quantitative estimate of drug-likeness (QED) is 0.148. The van der Waals surface area contributed by atoms with Gasteiger partial charge in [-0.2, -0.15) is 0 Å². The maximum Gasteiger partial charge on any atom is 0.0541 e. The van der Waals surface area contributed by atoms with Crippen LogP contribution in [0.4, 0.5) is 17.1 Å². The summed E-state index contributed by atoms with van der Waals surface area (Å²) in [4.78, 5) is 2.38. The van der Waals surface area contributed by atoms with Gasteiger partial charge in [0.15, 0.2) is 0 Å². The van der Waals surface area contributed by atoms with Gasteiger partial charge >= 0.3 is 0 Å². The first-order valence-electron chi connectivity index (χ1n) is 22.0. The van der Waals surface area contributed by atoms with Gasteiger partial charge in [-0.3, -0.25) is 0 Å². The summed E-state index contributed by atoms with van der Waals surface area (Å²) in [6, 6.07) is 92.6. The van der Waals surface area contributed by atoms with Gasteiger partial charge in [0.25, 0.3) is 0 Å². The zero-order chi connectivity index (χ0) is 42.4. The number of anilines is 3. The molecule has 0 saturated carbocycles. The summed E-state index contributed by atoms with van der Waals surface area (Å²) in [5.74, 6) is 0. The molecule has 300 valence electrons. The lowest BCUT2D eigenvalue weighted by Gasteiger charge is -2.26. The predicted octanol–water partition coefficient (Wildman–Crippen LogP) is 17.2. The Morgan fingerprint density at radius 3 is 1.27 bits per heavy atom. The van der Waals surface area contributed by atoms with E-state index < -0.39 is 0 Å². The van der Waals surface area contributed by atoms with Crippen LogP contribution in [0.2, 0.25) is 0 Å². The Morgan fingerprint density at radius 2 is 0.672 bits per heavy atom. The second-order valence-electron chi connectivity index (χ2n) is 16.5. The molecule has 0 aliphatic rings. The van der Waals surface area contributed by atoms with Crippen molar-refractivity contribution < 1.29 is 0 Å². The monoisotopic (exact) mass is 814 g/mol. The van der Waals surface area contributed by atoms with Crippen molar-refractivity contribution in [3.63, 3.8) is 0 Å². The molecule has 0 saturated heterocycles. The van der Waals surface area contributed by atoms with E-state index in [0.29, 0.717) is 0 Å². The molecule has 0 atom stereocenters. The van der Waals surface area contributed by atoms with Crippen LogP contribution < -0.4 is 4.90 Å². The molecule has 0 fully saturated rings. The lowest BCUT2D eigenvalue weighted by Crippen LogP contribution is -2.10. The smallest absolute Gasteiger partial charge is 0.0541 e. The highest BCUT2D eigenvalue weighted by atomic mass is 15.1. The fourth-order valence-corrected chi connectivity index (χ4v) is 9.69. The Hall–Kier alpha value is -8.46. The molecule has 0 aliphatic heterocycles. The lowest BCUT2D eigenvalue weighted by molar-refractivity contribution is 1.18. The van der Waals surface area contributed by atoms with Crippen molar-refractivity contribution in [1.29, 1.82) is 0 Å². The number of fused-ring (bicyclic) bond motifs is 5. The van der Waals surface area contributed by atoms with Gasteiger partial charge in [0, 0.05) is 33.5 Å². The van der Waals surface area contributed by atoms with E-state index in [4.69, 9.17) is 0 Å². The summed E-state index contributed by atoms with van der Waals surface area (Å²) in [6.07, 6.45) is 0. The minimum Gasteiger partial charge on any atom is -0.310 e. The van der Waals surface area contributed by atoms with Crippen LogP contribution in [0.25, 0.3) is 93.5 Å². The summed E-state index contributed by atoms with van der Waals surface area (Å²) in [7, 11) is 0. The van der Waals surface area contributed by atoms with Crippen LogP contribution in [-0.2, 0) is 0 Å².